The van der Waals surface area contributed by atoms with Crippen LogP contribution in [0.1, 0.15) is 400 Å². The van der Waals surface area contributed by atoms with E-state index in [9.17, 15) is 14.4 Å². The van der Waals surface area contributed by atoms with Crippen molar-refractivity contribution in [2.45, 2.75) is 406 Å². The standard InChI is InChI=1S/C74H138O6/c1-4-7-10-13-16-19-22-25-28-30-31-32-33-34-35-36-37-38-39-40-41-42-44-46-49-52-55-58-61-64-67-73(76)79-70-71(69-78-72(75)66-63-60-57-54-51-48-45-27-24-21-18-15-12-9-6-3)80-74(77)68-65-62-59-56-53-50-47-43-29-26-23-20-17-14-11-8-5-2/h9,12,18,21,27,45,71H,4-8,10-11,13-17,19-20,22-26,28-44,46-70H2,1-3H3/b12-9-,21-18-,45-27-. The molecule has 0 aromatic rings. The number of esters is 3. The summed E-state index contributed by atoms with van der Waals surface area (Å²) in [5, 5.41) is 0. The van der Waals surface area contributed by atoms with Crippen LogP contribution in [0.4, 0.5) is 0 Å². The first-order chi connectivity index (χ1) is 39.5. The summed E-state index contributed by atoms with van der Waals surface area (Å²) in [4.78, 5) is 38.4. The van der Waals surface area contributed by atoms with Crippen molar-refractivity contribution < 1.29 is 28.6 Å². The van der Waals surface area contributed by atoms with Crippen molar-refractivity contribution in [3.05, 3.63) is 36.5 Å². The smallest absolute Gasteiger partial charge is 0.306 e. The van der Waals surface area contributed by atoms with Gasteiger partial charge in [0.1, 0.15) is 13.2 Å². The van der Waals surface area contributed by atoms with Crippen LogP contribution in [0.5, 0.6) is 0 Å². The van der Waals surface area contributed by atoms with E-state index in [-0.39, 0.29) is 31.1 Å². The van der Waals surface area contributed by atoms with Crippen LogP contribution in [0.25, 0.3) is 0 Å². The molecule has 6 nitrogen and oxygen atoms in total. The average Bonchev–Trinajstić information content (AvgIpc) is 3.46. The molecule has 0 aliphatic carbocycles. The van der Waals surface area contributed by atoms with E-state index in [1.54, 1.807) is 0 Å². The number of allylic oxidation sites excluding steroid dienone is 6. The van der Waals surface area contributed by atoms with Crippen molar-refractivity contribution in [3.63, 3.8) is 0 Å². The van der Waals surface area contributed by atoms with Crippen LogP contribution in [0, 0.1) is 0 Å². The fourth-order valence-corrected chi connectivity index (χ4v) is 11.1. The largest absolute Gasteiger partial charge is 0.462 e. The average molecular weight is 1120 g/mol. The molecule has 1 unspecified atom stereocenters. The Morgan fingerprint density at radius 3 is 0.762 bits per heavy atom. The van der Waals surface area contributed by atoms with Crippen LogP contribution in [0.2, 0.25) is 0 Å². The molecule has 0 saturated heterocycles. The molecule has 0 aliphatic heterocycles. The fourth-order valence-electron chi connectivity index (χ4n) is 11.1. The Hall–Kier alpha value is -2.37. The van der Waals surface area contributed by atoms with Gasteiger partial charge in [-0.2, -0.15) is 0 Å². The van der Waals surface area contributed by atoms with Crippen LogP contribution in [-0.2, 0) is 28.6 Å². The fraction of sp³-hybridized carbons (Fsp3) is 0.878. The summed E-state index contributed by atoms with van der Waals surface area (Å²) in [5.74, 6) is -0.860. The highest BCUT2D eigenvalue weighted by atomic mass is 16.6. The Labute approximate surface area is 499 Å². The number of ether oxygens (including phenoxy) is 3. The lowest BCUT2D eigenvalue weighted by molar-refractivity contribution is -0.167. The maximum atomic E-state index is 12.9. The SMILES string of the molecule is CC/C=C\C/C=C\C/C=C\CCCCCCCC(=O)OCC(COC(=O)CCCCCCCCCCCCCCCCCCCCCCCCCCCCCCCC)OC(=O)CCCCCCCCCCCCCCCCCCC. The molecule has 0 fully saturated rings. The Morgan fingerprint density at radius 2 is 0.487 bits per heavy atom. The minimum atomic E-state index is -0.777. The van der Waals surface area contributed by atoms with Gasteiger partial charge in [-0.25, -0.2) is 0 Å². The molecule has 0 amide bonds. The second kappa shape index (κ2) is 69.1. The number of rotatable bonds is 67. The molecule has 0 aliphatic rings. The summed E-state index contributed by atoms with van der Waals surface area (Å²) >= 11 is 0. The lowest BCUT2D eigenvalue weighted by Crippen LogP contribution is -2.30. The van der Waals surface area contributed by atoms with Crippen LogP contribution in [-0.4, -0.2) is 37.2 Å². The van der Waals surface area contributed by atoms with E-state index in [1.807, 2.05) is 0 Å². The molecule has 0 spiro atoms. The molecule has 0 bridgehead atoms. The molecule has 0 aromatic carbocycles. The molecule has 80 heavy (non-hydrogen) atoms. The lowest BCUT2D eigenvalue weighted by Gasteiger charge is -2.18. The highest BCUT2D eigenvalue weighted by molar-refractivity contribution is 5.71. The number of carbonyl (C=O) groups excluding carboxylic acids is 3. The van der Waals surface area contributed by atoms with E-state index in [2.05, 4.69) is 57.2 Å². The zero-order valence-electron chi connectivity index (χ0n) is 54.1. The molecule has 6 heteroatoms. The van der Waals surface area contributed by atoms with Gasteiger partial charge in [-0.1, -0.05) is 365 Å². The van der Waals surface area contributed by atoms with E-state index < -0.39 is 6.10 Å². The zero-order chi connectivity index (χ0) is 57.8. The van der Waals surface area contributed by atoms with E-state index >= 15 is 0 Å². The van der Waals surface area contributed by atoms with Crippen molar-refractivity contribution in [1.29, 1.82) is 0 Å². The molecule has 470 valence electrons. The first-order valence-corrected chi connectivity index (χ1v) is 36.0. The Balaban J connectivity index is 4.17. The Kier molecular flexibility index (Phi) is 67.1. The number of unbranched alkanes of at least 4 members (excludes halogenated alkanes) is 50. The molecule has 1 atom stereocenters. The summed E-state index contributed by atoms with van der Waals surface area (Å²) in [5.41, 5.74) is 0. The van der Waals surface area contributed by atoms with Gasteiger partial charge in [0.15, 0.2) is 6.10 Å². The number of hydrogen-bond acceptors (Lipinski definition) is 6. The highest BCUT2D eigenvalue weighted by Gasteiger charge is 2.19. The van der Waals surface area contributed by atoms with Gasteiger partial charge < -0.3 is 14.2 Å². The predicted molar refractivity (Wildman–Crippen MR) is 349 cm³/mol. The Bertz CT molecular complexity index is 1340. The van der Waals surface area contributed by atoms with Gasteiger partial charge in [0.25, 0.3) is 0 Å². The summed E-state index contributed by atoms with van der Waals surface area (Å²) in [6.45, 7) is 6.59. The van der Waals surface area contributed by atoms with E-state index in [0.717, 1.165) is 96.3 Å². The van der Waals surface area contributed by atoms with Gasteiger partial charge in [-0.3, -0.25) is 14.4 Å². The van der Waals surface area contributed by atoms with E-state index in [1.165, 1.54) is 263 Å². The summed E-state index contributed by atoms with van der Waals surface area (Å²) in [6.07, 6.45) is 86.2. The Morgan fingerprint density at radius 1 is 0.263 bits per heavy atom. The molecule has 0 heterocycles. The summed E-state index contributed by atoms with van der Waals surface area (Å²) in [6, 6.07) is 0. The van der Waals surface area contributed by atoms with Crippen LogP contribution < -0.4 is 0 Å². The quantitative estimate of drug-likeness (QED) is 0.0261. The van der Waals surface area contributed by atoms with Crippen molar-refractivity contribution in [3.8, 4) is 0 Å². The topological polar surface area (TPSA) is 78.9 Å². The van der Waals surface area contributed by atoms with Crippen molar-refractivity contribution in [2.24, 2.45) is 0 Å². The van der Waals surface area contributed by atoms with Crippen LogP contribution in [0.15, 0.2) is 36.5 Å². The molecular weight excluding hydrogens is 985 g/mol. The zero-order valence-corrected chi connectivity index (χ0v) is 54.1. The first kappa shape index (κ1) is 77.6. The third kappa shape index (κ3) is 66.4. The van der Waals surface area contributed by atoms with Gasteiger partial charge in [-0.05, 0) is 51.4 Å². The third-order valence-corrected chi connectivity index (χ3v) is 16.4. The van der Waals surface area contributed by atoms with Gasteiger partial charge in [-0.15, -0.1) is 0 Å². The van der Waals surface area contributed by atoms with E-state index in [0.29, 0.717) is 19.3 Å². The molecular formula is C74H138O6. The monoisotopic (exact) mass is 1120 g/mol. The highest BCUT2D eigenvalue weighted by Crippen LogP contribution is 2.19. The second-order valence-corrected chi connectivity index (χ2v) is 24.5. The van der Waals surface area contributed by atoms with Gasteiger partial charge in [0.2, 0.25) is 0 Å². The van der Waals surface area contributed by atoms with Crippen LogP contribution in [0.3, 0.4) is 0 Å². The minimum Gasteiger partial charge on any atom is -0.462 e. The molecule has 0 rings (SSSR count). The van der Waals surface area contributed by atoms with Crippen molar-refractivity contribution >= 4 is 17.9 Å². The summed E-state index contributed by atoms with van der Waals surface area (Å²) < 4.78 is 17.0. The van der Waals surface area contributed by atoms with Crippen molar-refractivity contribution in [1.82, 2.24) is 0 Å². The minimum absolute atomic E-state index is 0.0719. The second-order valence-electron chi connectivity index (χ2n) is 24.5. The van der Waals surface area contributed by atoms with E-state index in [4.69, 9.17) is 14.2 Å². The van der Waals surface area contributed by atoms with Gasteiger partial charge >= 0.3 is 17.9 Å². The maximum absolute atomic E-state index is 12.9. The van der Waals surface area contributed by atoms with Crippen molar-refractivity contribution in [2.75, 3.05) is 13.2 Å². The normalized spacial score (nSPS) is 12.2. The van der Waals surface area contributed by atoms with Gasteiger partial charge in [0.05, 0.1) is 0 Å². The predicted octanol–water partition coefficient (Wildman–Crippen LogP) is 24.7. The molecule has 0 aromatic heterocycles. The summed E-state index contributed by atoms with van der Waals surface area (Å²) in [7, 11) is 0. The number of hydrogen-bond donors (Lipinski definition) is 0. The maximum Gasteiger partial charge on any atom is 0.306 e. The molecule has 0 radical (unpaired) electrons. The first-order valence-electron chi connectivity index (χ1n) is 36.0. The molecule has 0 N–H and O–H groups in total. The molecule has 0 saturated carbocycles. The third-order valence-electron chi connectivity index (χ3n) is 16.4. The van der Waals surface area contributed by atoms with Gasteiger partial charge in [0, 0.05) is 19.3 Å². The lowest BCUT2D eigenvalue weighted by atomic mass is 10.0. The number of carbonyl (C=O) groups is 3. The van der Waals surface area contributed by atoms with Crippen LogP contribution >= 0.6 is 0 Å².